The summed E-state index contributed by atoms with van der Waals surface area (Å²) in [5, 5.41) is 8.73. The number of nitrogens with zero attached hydrogens (tertiary/aromatic N) is 1. The van der Waals surface area contributed by atoms with Crippen LogP contribution < -0.4 is 4.74 Å². The molecule has 0 aliphatic rings. The Morgan fingerprint density at radius 2 is 1.85 bits per heavy atom. The third-order valence-corrected chi connectivity index (χ3v) is 2.76. The summed E-state index contributed by atoms with van der Waals surface area (Å²) < 4.78 is 5.70. The summed E-state index contributed by atoms with van der Waals surface area (Å²) in [5.74, 6) is 6.83. The Bertz CT molecular complexity index is 675. The summed E-state index contributed by atoms with van der Waals surface area (Å²) in [6.07, 6.45) is 0. The summed E-state index contributed by atoms with van der Waals surface area (Å²) in [6.45, 7) is 0.456. The number of ether oxygens (including phenoxy) is 1. The van der Waals surface area contributed by atoms with Gasteiger partial charge in [-0.3, -0.25) is 0 Å². The molecule has 0 fully saturated rings. The molecule has 3 heteroatoms. The summed E-state index contributed by atoms with van der Waals surface area (Å²) in [5.41, 5.74) is 2.54. The monoisotopic (exact) mass is 281 g/mol. The molecule has 0 atom stereocenters. The number of hydrogen-bond donors (Lipinski definition) is 0. The van der Waals surface area contributed by atoms with Crippen molar-refractivity contribution in [2.45, 2.75) is 6.61 Å². The fraction of sp³-hybridized carbons (Fsp3) is 0.118. The van der Waals surface area contributed by atoms with E-state index >= 15 is 0 Å². The Balaban J connectivity index is 2.01. The van der Waals surface area contributed by atoms with Crippen LogP contribution in [-0.4, -0.2) is 5.88 Å². The highest BCUT2D eigenvalue weighted by Gasteiger charge is 1.98. The van der Waals surface area contributed by atoms with Gasteiger partial charge in [0.1, 0.15) is 12.4 Å². The van der Waals surface area contributed by atoms with Crippen LogP contribution in [0, 0.1) is 23.2 Å². The van der Waals surface area contributed by atoms with Crippen molar-refractivity contribution in [3.63, 3.8) is 0 Å². The first-order valence-corrected chi connectivity index (χ1v) is 6.62. The second-order valence-corrected chi connectivity index (χ2v) is 4.33. The van der Waals surface area contributed by atoms with Crippen LogP contribution in [0.2, 0.25) is 0 Å². The molecule has 0 saturated carbocycles. The van der Waals surface area contributed by atoms with Crippen LogP contribution in [0.5, 0.6) is 5.75 Å². The second kappa shape index (κ2) is 7.24. The number of hydrogen-bond acceptors (Lipinski definition) is 2. The van der Waals surface area contributed by atoms with Crippen molar-refractivity contribution < 1.29 is 4.74 Å². The molecule has 0 saturated heterocycles. The second-order valence-electron chi connectivity index (χ2n) is 4.06. The van der Waals surface area contributed by atoms with E-state index in [9.17, 15) is 0 Å². The third-order valence-electron chi connectivity index (χ3n) is 2.62. The van der Waals surface area contributed by atoms with E-state index in [0.717, 1.165) is 16.9 Å². The van der Waals surface area contributed by atoms with E-state index in [2.05, 4.69) is 17.9 Å². The Labute approximate surface area is 123 Å². The standard InChI is InChI=1S/C17H12ClNO/c18-10-2-4-14-3-1-5-17(11-14)20-13-16-8-6-15(12-19)7-9-16/h1,3,5-9,11H,10,13H2. The molecule has 98 valence electrons. The van der Waals surface area contributed by atoms with Crippen LogP contribution in [0.15, 0.2) is 48.5 Å². The summed E-state index contributed by atoms with van der Waals surface area (Å²) >= 11 is 5.53. The van der Waals surface area contributed by atoms with Gasteiger partial charge in [0.05, 0.1) is 17.5 Å². The lowest BCUT2D eigenvalue weighted by Gasteiger charge is -2.06. The SMILES string of the molecule is N#Cc1ccc(COc2cccc(C#CCCl)c2)cc1. The van der Waals surface area contributed by atoms with Crippen LogP contribution in [0.3, 0.4) is 0 Å². The molecule has 2 rings (SSSR count). The minimum atomic E-state index is 0.316. The van der Waals surface area contributed by atoms with E-state index in [0.29, 0.717) is 18.1 Å². The first-order valence-electron chi connectivity index (χ1n) is 6.08. The Hall–Kier alpha value is -2.42. The molecule has 0 radical (unpaired) electrons. The highest BCUT2D eigenvalue weighted by atomic mass is 35.5. The van der Waals surface area contributed by atoms with Crippen LogP contribution >= 0.6 is 11.6 Å². The average Bonchev–Trinajstić information content (AvgIpc) is 2.52. The lowest BCUT2D eigenvalue weighted by molar-refractivity contribution is 0.306. The number of halogens is 1. The fourth-order valence-electron chi connectivity index (χ4n) is 1.64. The first kappa shape index (κ1) is 14.0. The summed E-state index contributed by atoms with van der Waals surface area (Å²) in [7, 11) is 0. The molecule has 0 bridgehead atoms. The van der Waals surface area contributed by atoms with Gasteiger partial charge in [-0.1, -0.05) is 30.0 Å². The van der Waals surface area contributed by atoms with Crippen molar-refractivity contribution in [2.75, 3.05) is 5.88 Å². The third kappa shape index (κ3) is 4.05. The van der Waals surface area contributed by atoms with Gasteiger partial charge in [-0.25, -0.2) is 0 Å². The molecule has 0 N–H and O–H groups in total. The summed E-state index contributed by atoms with van der Waals surface area (Å²) in [4.78, 5) is 0. The van der Waals surface area contributed by atoms with E-state index in [-0.39, 0.29) is 0 Å². The van der Waals surface area contributed by atoms with Crippen LogP contribution in [0.25, 0.3) is 0 Å². The van der Waals surface area contributed by atoms with Gasteiger partial charge in [0.25, 0.3) is 0 Å². The smallest absolute Gasteiger partial charge is 0.121 e. The van der Waals surface area contributed by atoms with Gasteiger partial charge < -0.3 is 4.74 Å². The van der Waals surface area contributed by atoms with Gasteiger partial charge in [-0.2, -0.15) is 5.26 Å². The van der Waals surface area contributed by atoms with Crippen LogP contribution in [0.4, 0.5) is 0 Å². The normalized spacial score (nSPS) is 9.20. The minimum Gasteiger partial charge on any atom is -0.489 e. The largest absolute Gasteiger partial charge is 0.489 e. The molecule has 2 aromatic rings. The highest BCUT2D eigenvalue weighted by Crippen LogP contribution is 2.15. The first-order chi connectivity index (χ1) is 9.81. The molecule has 0 amide bonds. The summed E-state index contributed by atoms with van der Waals surface area (Å²) in [6, 6.07) is 17.0. The number of rotatable bonds is 3. The van der Waals surface area contributed by atoms with Gasteiger partial charge in [-0.05, 0) is 35.9 Å². The Morgan fingerprint density at radius 1 is 1.05 bits per heavy atom. The zero-order valence-corrected chi connectivity index (χ0v) is 11.5. The highest BCUT2D eigenvalue weighted by molar-refractivity contribution is 6.19. The molecule has 0 aliphatic heterocycles. The maximum absolute atomic E-state index is 8.73. The van der Waals surface area contributed by atoms with Gasteiger partial charge >= 0.3 is 0 Å². The maximum atomic E-state index is 8.73. The lowest BCUT2D eigenvalue weighted by Crippen LogP contribution is -1.95. The molecule has 0 spiro atoms. The van der Waals surface area contributed by atoms with E-state index in [1.165, 1.54) is 0 Å². The van der Waals surface area contributed by atoms with Gasteiger partial charge in [-0.15, -0.1) is 11.6 Å². The van der Waals surface area contributed by atoms with E-state index in [1.807, 2.05) is 36.4 Å². The van der Waals surface area contributed by atoms with Gasteiger partial charge in [0.2, 0.25) is 0 Å². The van der Waals surface area contributed by atoms with Crippen LogP contribution in [0.1, 0.15) is 16.7 Å². The Kier molecular flexibility index (Phi) is 5.07. The average molecular weight is 282 g/mol. The fourth-order valence-corrected chi connectivity index (χ4v) is 1.71. The van der Waals surface area contributed by atoms with Gasteiger partial charge in [0.15, 0.2) is 0 Å². The molecule has 2 nitrogen and oxygen atoms in total. The number of nitriles is 1. The zero-order valence-electron chi connectivity index (χ0n) is 10.8. The quantitative estimate of drug-likeness (QED) is 0.634. The molecule has 0 heterocycles. The van der Waals surface area contributed by atoms with E-state index < -0.39 is 0 Å². The lowest BCUT2D eigenvalue weighted by atomic mass is 10.1. The predicted octanol–water partition coefficient (Wildman–Crippen LogP) is 3.73. The van der Waals surface area contributed by atoms with Crippen molar-refractivity contribution in [3.05, 3.63) is 65.2 Å². The molecule has 0 aliphatic carbocycles. The molecule has 20 heavy (non-hydrogen) atoms. The number of benzene rings is 2. The molecule has 0 aromatic heterocycles. The molecular formula is C17H12ClNO. The van der Waals surface area contributed by atoms with Gasteiger partial charge in [0, 0.05) is 5.56 Å². The Morgan fingerprint density at radius 3 is 2.55 bits per heavy atom. The molecule has 0 unspecified atom stereocenters. The molecular weight excluding hydrogens is 270 g/mol. The minimum absolute atomic E-state index is 0.316. The topological polar surface area (TPSA) is 33.0 Å². The zero-order chi connectivity index (χ0) is 14.2. The predicted molar refractivity (Wildman–Crippen MR) is 79.5 cm³/mol. The van der Waals surface area contributed by atoms with Crippen molar-refractivity contribution in [2.24, 2.45) is 0 Å². The van der Waals surface area contributed by atoms with Crippen molar-refractivity contribution >= 4 is 11.6 Å². The van der Waals surface area contributed by atoms with Crippen molar-refractivity contribution in [1.29, 1.82) is 5.26 Å². The number of alkyl halides is 1. The van der Waals surface area contributed by atoms with E-state index in [4.69, 9.17) is 21.6 Å². The van der Waals surface area contributed by atoms with E-state index in [1.54, 1.807) is 12.1 Å². The molecule has 2 aromatic carbocycles. The maximum Gasteiger partial charge on any atom is 0.121 e. The van der Waals surface area contributed by atoms with Crippen LogP contribution in [-0.2, 0) is 6.61 Å². The van der Waals surface area contributed by atoms with Crippen molar-refractivity contribution in [3.8, 4) is 23.7 Å². The van der Waals surface area contributed by atoms with Crippen molar-refractivity contribution in [1.82, 2.24) is 0 Å².